The maximum atomic E-state index is 13.7. The minimum atomic E-state index is -0.648. The van der Waals surface area contributed by atoms with Crippen molar-refractivity contribution in [2.75, 3.05) is 6.61 Å². The van der Waals surface area contributed by atoms with Crippen molar-refractivity contribution >= 4 is 5.97 Å². The van der Waals surface area contributed by atoms with E-state index in [0.717, 1.165) is 0 Å². The fourth-order valence-electron chi connectivity index (χ4n) is 2.31. The summed E-state index contributed by atoms with van der Waals surface area (Å²) >= 11 is 0. The SMILES string of the molecule is CCOC(=O)c1n[nH]nc1-c1ccc(F)cc1OCc1ccc(F)cc1. The largest absolute Gasteiger partial charge is 0.488 e. The van der Waals surface area contributed by atoms with Crippen molar-refractivity contribution in [3.05, 3.63) is 65.4 Å². The average molecular weight is 359 g/mol. The number of ether oxygens (including phenoxy) is 2. The van der Waals surface area contributed by atoms with Crippen LogP contribution in [-0.4, -0.2) is 28.0 Å². The van der Waals surface area contributed by atoms with Crippen LogP contribution in [0.5, 0.6) is 5.75 Å². The van der Waals surface area contributed by atoms with Crippen molar-refractivity contribution in [3.8, 4) is 17.0 Å². The summed E-state index contributed by atoms with van der Waals surface area (Å²) in [6.07, 6.45) is 0. The Morgan fingerprint density at radius 3 is 2.54 bits per heavy atom. The number of esters is 1. The molecule has 6 nitrogen and oxygen atoms in total. The Labute approximate surface area is 147 Å². The number of hydrogen-bond donors (Lipinski definition) is 1. The van der Waals surface area contributed by atoms with Crippen molar-refractivity contribution in [2.24, 2.45) is 0 Å². The van der Waals surface area contributed by atoms with Gasteiger partial charge in [0.25, 0.3) is 0 Å². The second-order valence-corrected chi connectivity index (χ2v) is 5.30. The van der Waals surface area contributed by atoms with Crippen LogP contribution in [0, 0.1) is 11.6 Å². The molecule has 0 saturated heterocycles. The minimum Gasteiger partial charge on any atom is -0.488 e. The zero-order valence-corrected chi connectivity index (χ0v) is 13.8. The van der Waals surface area contributed by atoms with Crippen LogP contribution in [0.25, 0.3) is 11.3 Å². The van der Waals surface area contributed by atoms with Gasteiger partial charge in [0.1, 0.15) is 29.7 Å². The van der Waals surface area contributed by atoms with Crippen molar-refractivity contribution < 1.29 is 23.0 Å². The molecule has 0 spiro atoms. The number of rotatable bonds is 6. The van der Waals surface area contributed by atoms with E-state index in [4.69, 9.17) is 9.47 Å². The summed E-state index contributed by atoms with van der Waals surface area (Å²) in [6.45, 7) is 1.94. The van der Waals surface area contributed by atoms with E-state index >= 15 is 0 Å². The van der Waals surface area contributed by atoms with Crippen LogP contribution >= 0.6 is 0 Å². The van der Waals surface area contributed by atoms with Crippen LogP contribution in [0.4, 0.5) is 8.78 Å². The highest BCUT2D eigenvalue weighted by Crippen LogP contribution is 2.31. The predicted molar refractivity (Wildman–Crippen MR) is 88.5 cm³/mol. The average Bonchev–Trinajstić information content (AvgIpc) is 3.11. The van der Waals surface area contributed by atoms with Crippen molar-refractivity contribution in [1.82, 2.24) is 15.4 Å². The Morgan fingerprint density at radius 2 is 1.81 bits per heavy atom. The Bertz CT molecular complexity index is 910. The molecule has 0 saturated carbocycles. The number of benzene rings is 2. The van der Waals surface area contributed by atoms with Crippen LogP contribution in [0.3, 0.4) is 0 Å². The highest BCUT2D eigenvalue weighted by Gasteiger charge is 2.22. The van der Waals surface area contributed by atoms with Gasteiger partial charge in [0, 0.05) is 11.6 Å². The Kier molecular flexibility index (Phi) is 5.21. The second kappa shape index (κ2) is 7.73. The molecule has 0 fully saturated rings. The maximum Gasteiger partial charge on any atom is 0.361 e. The molecule has 3 aromatic rings. The molecule has 0 aliphatic rings. The molecule has 0 amide bonds. The summed E-state index contributed by atoms with van der Waals surface area (Å²) in [5.41, 5.74) is 1.25. The van der Waals surface area contributed by atoms with Gasteiger partial charge in [0.2, 0.25) is 0 Å². The molecule has 1 heterocycles. The Morgan fingerprint density at radius 1 is 1.08 bits per heavy atom. The molecular weight excluding hydrogens is 344 g/mol. The highest BCUT2D eigenvalue weighted by molar-refractivity contribution is 5.94. The topological polar surface area (TPSA) is 77.1 Å². The van der Waals surface area contributed by atoms with Gasteiger partial charge < -0.3 is 9.47 Å². The number of carbonyl (C=O) groups excluding carboxylic acids is 1. The molecule has 1 aromatic heterocycles. The highest BCUT2D eigenvalue weighted by atomic mass is 19.1. The fraction of sp³-hybridized carbons (Fsp3) is 0.167. The lowest BCUT2D eigenvalue weighted by Gasteiger charge is -2.11. The first-order valence-electron chi connectivity index (χ1n) is 7.83. The van der Waals surface area contributed by atoms with E-state index in [2.05, 4.69) is 15.4 Å². The van der Waals surface area contributed by atoms with Crippen LogP contribution in [0.2, 0.25) is 0 Å². The third-order valence-electron chi connectivity index (χ3n) is 3.52. The van der Waals surface area contributed by atoms with Gasteiger partial charge in [-0.2, -0.15) is 10.3 Å². The normalized spacial score (nSPS) is 10.6. The first kappa shape index (κ1) is 17.5. The number of carbonyl (C=O) groups is 1. The zero-order valence-electron chi connectivity index (χ0n) is 13.8. The predicted octanol–water partition coefficient (Wildman–Crippen LogP) is 3.51. The fourth-order valence-corrected chi connectivity index (χ4v) is 2.31. The van der Waals surface area contributed by atoms with Crippen molar-refractivity contribution in [3.63, 3.8) is 0 Å². The van der Waals surface area contributed by atoms with Crippen LogP contribution in [-0.2, 0) is 11.3 Å². The standard InChI is InChI=1S/C18H15F2N3O3/c1-2-25-18(24)17-16(21-23-22-17)14-8-7-13(20)9-15(14)26-10-11-3-5-12(19)6-4-11/h3-9H,2,10H2,1H3,(H,21,22,23). The molecular formula is C18H15F2N3O3. The van der Waals surface area contributed by atoms with Crippen molar-refractivity contribution in [2.45, 2.75) is 13.5 Å². The summed E-state index contributed by atoms with van der Waals surface area (Å²) < 4.78 is 37.3. The summed E-state index contributed by atoms with van der Waals surface area (Å²) in [4.78, 5) is 12.0. The number of nitrogens with zero attached hydrogens (tertiary/aromatic N) is 2. The molecule has 0 radical (unpaired) electrons. The van der Waals surface area contributed by atoms with E-state index in [1.807, 2.05) is 0 Å². The molecule has 26 heavy (non-hydrogen) atoms. The lowest BCUT2D eigenvalue weighted by atomic mass is 10.1. The number of H-pyrrole nitrogens is 1. The van der Waals surface area contributed by atoms with Crippen LogP contribution in [0.15, 0.2) is 42.5 Å². The van der Waals surface area contributed by atoms with E-state index in [0.29, 0.717) is 11.1 Å². The van der Waals surface area contributed by atoms with Crippen LogP contribution in [0.1, 0.15) is 23.0 Å². The zero-order chi connectivity index (χ0) is 18.5. The van der Waals surface area contributed by atoms with Gasteiger partial charge in [-0.3, -0.25) is 0 Å². The van der Waals surface area contributed by atoms with E-state index in [1.54, 1.807) is 19.1 Å². The second-order valence-electron chi connectivity index (χ2n) is 5.30. The van der Waals surface area contributed by atoms with Gasteiger partial charge in [-0.1, -0.05) is 12.1 Å². The molecule has 0 unspecified atom stereocenters. The van der Waals surface area contributed by atoms with Gasteiger partial charge in [0.05, 0.1) is 6.61 Å². The van der Waals surface area contributed by atoms with E-state index < -0.39 is 11.8 Å². The molecule has 1 N–H and O–H groups in total. The van der Waals surface area contributed by atoms with Gasteiger partial charge in [-0.25, -0.2) is 13.6 Å². The summed E-state index contributed by atoms with van der Waals surface area (Å²) in [7, 11) is 0. The molecule has 0 aliphatic carbocycles. The van der Waals surface area contributed by atoms with Crippen LogP contribution < -0.4 is 4.74 Å². The van der Waals surface area contributed by atoms with E-state index in [9.17, 15) is 13.6 Å². The number of hydrogen-bond acceptors (Lipinski definition) is 5. The molecule has 0 aliphatic heterocycles. The third-order valence-corrected chi connectivity index (χ3v) is 3.52. The summed E-state index contributed by atoms with van der Waals surface area (Å²) in [5, 5.41) is 10.1. The van der Waals surface area contributed by atoms with Gasteiger partial charge in [0.15, 0.2) is 5.69 Å². The minimum absolute atomic E-state index is 0.0231. The van der Waals surface area contributed by atoms with Gasteiger partial charge in [-0.05, 0) is 36.8 Å². The molecule has 0 atom stereocenters. The van der Waals surface area contributed by atoms with E-state index in [-0.39, 0.29) is 36.2 Å². The number of nitrogens with one attached hydrogen (secondary N) is 1. The molecule has 3 rings (SSSR count). The molecule has 0 bridgehead atoms. The quantitative estimate of drug-likeness (QED) is 0.682. The number of aromatic amines is 1. The number of halogens is 2. The molecule has 8 heteroatoms. The molecule has 2 aromatic carbocycles. The number of aromatic nitrogens is 3. The Hall–Kier alpha value is -3.29. The summed E-state index contributed by atoms with van der Waals surface area (Å²) in [6, 6.07) is 9.59. The lowest BCUT2D eigenvalue weighted by Crippen LogP contribution is -2.07. The van der Waals surface area contributed by atoms with E-state index in [1.165, 1.54) is 30.3 Å². The van der Waals surface area contributed by atoms with Gasteiger partial charge >= 0.3 is 5.97 Å². The summed E-state index contributed by atoms with van der Waals surface area (Å²) in [5.74, 6) is -1.34. The third kappa shape index (κ3) is 3.85. The Balaban J connectivity index is 1.90. The van der Waals surface area contributed by atoms with Gasteiger partial charge in [-0.15, -0.1) is 5.10 Å². The monoisotopic (exact) mass is 359 g/mol. The smallest absolute Gasteiger partial charge is 0.361 e. The first-order chi connectivity index (χ1) is 12.6. The maximum absolute atomic E-state index is 13.7. The molecule has 134 valence electrons. The lowest BCUT2D eigenvalue weighted by molar-refractivity contribution is 0.0520. The van der Waals surface area contributed by atoms with Crippen molar-refractivity contribution in [1.29, 1.82) is 0 Å². The first-order valence-corrected chi connectivity index (χ1v) is 7.83.